The summed E-state index contributed by atoms with van der Waals surface area (Å²) in [5, 5.41) is 22.3. The standard InChI is InChI=1S/C11H9ClN2O4/c1-18-6-2-3-7(12)8(4-6)14-5-9(15)10(13-14)11(16)17/h2-5,15H,1H3,(H,16,17). The minimum Gasteiger partial charge on any atom is -0.504 e. The van der Waals surface area contributed by atoms with Crippen LogP contribution in [0.3, 0.4) is 0 Å². The monoisotopic (exact) mass is 268 g/mol. The molecule has 0 saturated heterocycles. The average Bonchev–Trinajstić information content (AvgIpc) is 2.72. The highest BCUT2D eigenvalue weighted by Crippen LogP contribution is 2.27. The lowest BCUT2D eigenvalue weighted by Crippen LogP contribution is -2.01. The van der Waals surface area contributed by atoms with Crippen LogP contribution in [0.2, 0.25) is 5.02 Å². The molecule has 1 aromatic carbocycles. The second-order valence-corrected chi connectivity index (χ2v) is 3.84. The lowest BCUT2D eigenvalue weighted by Gasteiger charge is -2.06. The minimum absolute atomic E-state index is 0.357. The SMILES string of the molecule is COc1ccc(Cl)c(-n2cc(O)c(C(=O)O)n2)c1. The van der Waals surface area contributed by atoms with Gasteiger partial charge in [-0.3, -0.25) is 0 Å². The molecule has 0 saturated carbocycles. The molecule has 0 bridgehead atoms. The molecule has 7 heteroatoms. The first-order valence-corrected chi connectivity index (χ1v) is 5.26. The van der Waals surface area contributed by atoms with E-state index in [9.17, 15) is 9.90 Å². The summed E-state index contributed by atoms with van der Waals surface area (Å²) < 4.78 is 6.22. The predicted molar refractivity (Wildman–Crippen MR) is 63.8 cm³/mol. The van der Waals surface area contributed by atoms with Gasteiger partial charge in [-0.2, -0.15) is 5.10 Å². The summed E-state index contributed by atoms with van der Waals surface area (Å²) in [6, 6.07) is 4.84. The minimum atomic E-state index is -1.31. The molecule has 0 unspecified atom stereocenters. The molecule has 0 atom stereocenters. The van der Waals surface area contributed by atoms with Crippen molar-refractivity contribution in [1.29, 1.82) is 0 Å². The van der Waals surface area contributed by atoms with Crippen molar-refractivity contribution in [2.45, 2.75) is 0 Å². The van der Waals surface area contributed by atoms with Crippen molar-refractivity contribution in [3.8, 4) is 17.2 Å². The first-order chi connectivity index (χ1) is 8.52. The number of hydrogen-bond donors (Lipinski definition) is 2. The van der Waals surface area contributed by atoms with Crippen LogP contribution in [0.15, 0.2) is 24.4 Å². The molecule has 0 aliphatic heterocycles. The van der Waals surface area contributed by atoms with Crippen molar-refractivity contribution < 1.29 is 19.7 Å². The van der Waals surface area contributed by atoms with Gasteiger partial charge in [0.15, 0.2) is 5.75 Å². The molecule has 18 heavy (non-hydrogen) atoms. The number of nitrogens with zero attached hydrogens (tertiary/aromatic N) is 2. The van der Waals surface area contributed by atoms with E-state index < -0.39 is 17.4 Å². The number of rotatable bonds is 3. The molecule has 0 amide bonds. The molecule has 0 aliphatic carbocycles. The maximum Gasteiger partial charge on any atom is 0.360 e. The van der Waals surface area contributed by atoms with Gasteiger partial charge in [0.2, 0.25) is 5.69 Å². The summed E-state index contributed by atoms with van der Waals surface area (Å²) in [4.78, 5) is 10.8. The molecule has 2 N–H and O–H groups in total. The number of aromatic carboxylic acids is 1. The quantitative estimate of drug-likeness (QED) is 0.889. The smallest absolute Gasteiger partial charge is 0.360 e. The van der Waals surface area contributed by atoms with E-state index in [4.69, 9.17) is 21.4 Å². The molecule has 94 valence electrons. The van der Waals surface area contributed by atoms with Gasteiger partial charge < -0.3 is 14.9 Å². The Morgan fingerprint density at radius 1 is 1.50 bits per heavy atom. The third-order valence-corrected chi connectivity index (χ3v) is 2.62. The van der Waals surface area contributed by atoms with E-state index >= 15 is 0 Å². The number of hydrogen-bond acceptors (Lipinski definition) is 4. The predicted octanol–water partition coefficient (Wildman–Crippen LogP) is 1.94. The number of methoxy groups -OCH3 is 1. The Balaban J connectivity index is 2.54. The molecular weight excluding hydrogens is 260 g/mol. The first kappa shape index (κ1) is 12.3. The van der Waals surface area contributed by atoms with Crippen LogP contribution in [-0.4, -0.2) is 33.1 Å². The van der Waals surface area contributed by atoms with Gasteiger partial charge in [-0.15, -0.1) is 0 Å². The number of benzene rings is 1. The second-order valence-electron chi connectivity index (χ2n) is 3.43. The van der Waals surface area contributed by atoms with E-state index in [2.05, 4.69) is 5.10 Å². The normalized spacial score (nSPS) is 10.3. The Kier molecular flexibility index (Phi) is 3.12. The maximum atomic E-state index is 10.8. The number of ether oxygens (including phenoxy) is 1. The summed E-state index contributed by atoms with van der Waals surface area (Å²) in [5.74, 6) is -1.20. The van der Waals surface area contributed by atoms with Crippen LogP contribution in [0.25, 0.3) is 5.69 Å². The number of carboxylic acids is 1. The van der Waals surface area contributed by atoms with E-state index in [0.717, 1.165) is 0 Å². The van der Waals surface area contributed by atoms with Gasteiger partial charge in [0.1, 0.15) is 5.75 Å². The van der Waals surface area contributed by atoms with E-state index in [-0.39, 0.29) is 0 Å². The van der Waals surface area contributed by atoms with Crippen LogP contribution in [-0.2, 0) is 0 Å². The van der Waals surface area contributed by atoms with Gasteiger partial charge >= 0.3 is 5.97 Å². The highest BCUT2D eigenvalue weighted by atomic mass is 35.5. The highest BCUT2D eigenvalue weighted by molar-refractivity contribution is 6.32. The van der Waals surface area contributed by atoms with Crippen molar-refractivity contribution in [1.82, 2.24) is 9.78 Å². The van der Waals surface area contributed by atoms with Gasteiger partial charge in [-0.1, -0.05) is 11.6 Å². The van der Waals surface area contributed by atoms with Gasteiger partial charge in [0.25, 0.3) is 0 Å². The molecule has 0 radical (unpaired) electrons. The fourth-order valence-corrected chi connectivity index (χ4v) is 1.64. The van der Waals surface area contributed by atoms with Crippen molar-refractivity contribution in [3.63, 3.8) is 0 Å². The van der Waals surface area contributed by atoms with Gasteiger partial charge in [0.05, 0.1) is 24.0 Å². The third kappa shape index (κ3) is 2.10. The van der Waals surface area contributed by atoms with E-state index in [0.29, 0.717) is 16.5 Å². The van der Waals surface area contributed by atoms with E-state index in [1.807, 2.05) is 0 Å². The fourth-order valence-electron chi connectivity index (χ4n) is 1.44. The fraction of sp³-hybridized carbons (Fsp3) is 0.0909. The van der Waals surface area contributed by atoms with Crippen molar-refractivity contribution in [2.75, 3.05) is 7.11 Å². The van der Waals surface area contributed by atoms with Crippen LogP contribution in [0.5, 0.6) is 11.5 Å². The van der Waals surface area contributed by atoms with E-state index in [1.165, 1.54) is 18.0 Å². The van der Waals surface area contributed by atoms with Crippen LogP contribution in [0, 0.1) is 0 Å². The van der Waals surface area contributed by atoms with Gasteiger partial charge in [0, 0.05) is 6.07 Å². The highest BCUT2D eigenvalue weighted by Gasteiger charge is 2.17. The first-order valence-electron chi connectivity index (χ1n) is 4.88. The molecule has 6 nitrogen and oxygen atoms in total. The van der Waals surface area contributed by atoms with Crippen LogP contribution >= 0.6 is 11.6 Å². The maximum absolute atomic E-state index is 10.8. The summed E-state index contributed by atoms with van der Waals surface area (Å²) in [6.45, 7) is 0. The largest absolute Gasteiger partial charge is 0.504 e. The summed E-state index contributed by atoms with van der Waals surface area (Å²) in [5.41, 5.74) is -0.0206. The molecule has 2 aromatic rings. The molecule has 0 fully saturated rings. The average molecular weight is 269 g/mol. The lowest BCUT2D eigenvalue weighted by molar-refractivity contribution is 0.0687. The molecule has 0 spiro atoms. The Morgan fingerprint density at radius 2 is 2.22 bits per heavy atom. The molecule has 1 heterocycles. The summed E-state index contributed by atoms with van der Waals surface area (Å²) in [7, 11) is 1.50. The van der Waals surface area contributed by atoms with Crippen LogP contribution in [0.4, 0.5) is 0 Å². The summed E-state index contributed by atoms with van der Waals surface area (Å²) >= 11 is 5.98. The Hall–Kier alpha value is -2.21. The molecule has 0 aliphatic rings. The van der Waals surface area contributed by atoms with Gasteiger partial charge in [-0.05, 0) is 12.1 Å². The number of aromatic nitrogens is 2. The molecule has 1 aromatic heterocycles. The second kappa shape index (κ2) is 4.58. The Labute approximate surface area is 107 Å². The number of halogens is 1. The van der Waals surface area contributed by atoms with Crippen molar-refractivity contribution in [3.05, 3.63) is 35.1 Å². The zero-order chi connectivity index (χ0) is 13.3. The lowest BCUT2D eigenvalue weighted by atomic mass is 10.3. The molecule has 2 rings (SSSR count). The Bertz CT molecular complexity index is 609. The third-order valence-electron chi connectivity index (χ3n) is 2.30. The van der Waals surface area contributed by atoms with Crippen LogP contribution in [0.1, 0.15) is 10.5 Å². The molecular formula is C11H9ClN2O4. The Morgan fingerprint density at radius 3 is 2.78 bits per heavy atom. The van der Waals surface area contributed by atoms with E-state index in [1.54, 1.807) is 18.2 Å². The topological polar surface area (TPSA) is 84.6 Å². The van der Waals surface area contributed by atoms with Gasteiger partial charge in [-0.25, -0.2) is 9.48 Å². The zero-order valence-corrected chi connectivity index (χ0v) is 10.0. The van der Waals surface area contributed by atoms with Crippen molar-refractivity contribution >= 4 is 17.6 Å². The van der Waals surface area contributed by atoms with Crippen molar-refractivity contribution in [2.24, 2.45) is 0 Å². The number of carboxylic acid groups (broad SMARTS) is 1. The zero-order valence-electron chi connectivity index (χ0n) is 9.29. The number of carbonyl (C=O) groups is 1. The van der Waals surface area contributed by atoms with Crippen LogP contribution < -0.4 is 4.74 Å². The number of aromatic hydroxyl groups is 1. The summed E-state index contributed by atoms with van der Waals surface area (Å²) in [6.07, 6.45) is 1.17.